The Morgan fingerprint density at radius 1 is 1.36 bits per heavy atom. The minimum atomic E-state index is -4.83. The molecular formula is C16H21F3N2O. The molecule has 122 valence electrons. The number of nitrogens with zero attached hydrogens (tertiary/aromatic N) is 1. The maximum absolute atomic E-state index is 12.6. The highest BCUT2D eigenvalue weighted by Gasteiger charge is 2.44. The number of nitrogens with two attached hydrogens (primary N) is 1. The first-order chi connectivity index (χ1) is 10.2. The van der Waals surface area contributed by atoms with Crippen molar-refractivity contribution in [3.8, 4) is 0 Å². The van der Waals surface area contributed by atoms with Gasteiger partial charge in [-0.1, -0.05) is 26.0 Å². The first-order valence-electron chi connectivity index (χ1n) is 7.44. The number of fused-ring (bicyclic) bond motifs is 1. The third kappa shape index (κ3) is 3.80. The van der Waals surface area contributed by atoms with Crippen LogP contribution < -0.4 is 10.6 Å². The van der Waals surface area contributed by atoms with Crippen molar-refractivity contribution in [1.82, 2.24) is 0 Å². The smallest absolute Gasteiger partial charge is 0.327 e. The van der Waals surface area contributed by atoms with Gasteiger partial charge in [0.05, 0.1) is 0 Å². The lowest BCUT2D eigenvalue weighted by Crippen LogP contribution is -2.40. The first-order valence-corrected chi connectivity index (χ1v) is 7.44. The van der Waals surface area contributed by atoms with Gasteiger partial charge in [0.2, 0.25) is 0 Å². The summed E-state index contributed by atoms with van der Waals surface area (Å²) in [5.41, 5.74) is 8.23. The molecular weight excluding hydrogens is 293 g/mol. The van der Waals surface area contributed by atoms with Gasteiger partial charge in [0.1, 0.15) is 0 Å². The average Bonchev–Trinajstić information content (AvgIpc) is 2.78. The SMILES string of the molecule is CC(C)CC(N)Cc1ccc2c(c1)CCN2C(=O)C(F)(F)F. The van der Waals surface area contributed by atoms with Crippen molar-refractivity contribution in [1.29, 1.82) is 0 Å². The van der Waals surface area contributed by atoms with Crippen molar-refractivity contribution in [3.05, 3.63) is 29.3 Å². The third-order valence-electron chi connectivity index (χ3n) is 3.80. The maximum Gasteiger partial charge on any atom is 0.471 e. The zero-order chi connectivity index (χ0) is 16.5. The summed E-state index contributed by atoms with van der Waals surface area (Å²) >= 11 is 0. The molecule has 6 heteroatoms. The van der Waals surface area contributed by atoms with E-state index in [1.54, 1.807) is 12.1 Å². The fourth-order valence-corrected chi connectivity index (χ4v) is 2.94. The highest BCUT2D eigenvalue weighted by atomic mass is 19.4. The second-order valence-corrected chi connectivity index (χ2v) is 6.26. The average molecular weight is 314 g/mol. The zero-order valence-corrected chi connectivity index (χ0v) is 12.8. The summed E-state index contributed by atoms with van der Waals surface area (Å²) in [6.45, 7) is 4.28. The van der Waals surface area contributed by atoms with E-state index in [2.05, 4.69) is 13.8 Å². The number of hydrogen-bond acceptors (Lipinski definition) is 2. The van der Waals surface area contributed by atoms with Crippen molar-refractivity contribution >= 4 is 11.6 Å². The molecule has 0 saturated carbocycles. The predicted octanol–water partition coefficient (Wildman–Crippen LogP) is 3.05. The molecule has 1 aliphatic heterocycles. The molecule has 1 unspecified atom stereocenters. The van der Waals surface area contributed by atoms with Gasteiger partial charge in [-0.05, 0) is 42.4 Å². The number of alkyl halides is 3. The highest BCUT2D eigenvalue weighted by Crippen LogP contribution is 2.32. The molecule has 0 radical (unpaired) electrons. The van der Waals surface area contributed by atoms with E-state index in [0.717, 1.165) is 22.4 Å². The summed E-state index contributed by atoms with van der Waals surface area (Å²) in [4.78, 5) is 12.2. The van der Waals surface area contributed by atoms with Gasteiger partial charge < -0.3 is 10.6 Å². The number of amides is 1. The fraction of sp³-hybridized carbons (Fsp3) is 0.562. The molecule has 1 aromatic rings. The van der Waals surface area contributed by atoms with Gasteiger partial charge >= 0.3 is 12.1 Å². The number of halogens is 3. The first kappa shape index (κ1) is 16.8. The van der Waals surface area contributed by atoms with Gasteiger partial charge in [-0.25, -0.2) is 0 Å². The van der Waals surface area contributed by atoms with Crippen LogP contribution in [0.3, 0.4) is 0 Å². The summed E-state index contributed by atoms with van der Waals surface area (Å²) in [6.07, 6.45) is -2.79. The van der Waals surface area contributed by atoms with Crippen LogP contribution in [-0.2, 0) is 17.6 Å². The second-order valence-electron chi connectivity index (χ2n) is 6.26. The lowest BCUT2D eigenvalue weighted by atomic mass is 9.96. The summed E-state index contributed by atoms with van der Waals surface area (Å²) in [6, 6.07) is 5.27. The van der Waals surface area contributed by atoms with Crippen LogP contribution in [0.2, 0.25) is 0 Å². The molecule has 1 amide bonds. The standard InChI is InChI=1S/C16H21F3N2O/c1-10(2)7-13(20)9-11-3-4-14-12(8-11)5-6-21(14)15(22)16(17,18)19/h3-4,8,10,13H,5-7,9,20H2,1-2H3. The molecule has 0 spiro atoms. The molecule has 0 bridgehead atoms. The maximum atomic E-state index is 12.6. The van der Waals surface area contributed by atoms with E-state index in [0.29, 0.717) is 24.4 Å². The zero-order valence-electron chi connectivity index (χ0n) is 12.8. The quantitative estimate of drug-likeness (QED) is 0.928. The summed E-state index contributed by atoms with van der Waals surface area (Å²) in [7, 11) is 0. The van der Waals surface area contributed by atoms with Crippen LogP contribution in [0, 0.1) is 5.92 Å². The van der Waals surface area contributed by atoms with E-state index in [1.807, 2.05) is 6.07 Å². The number of anilines is 1. The Hall–Kier alpha value is -1.56. The fourth-order valence-electron chi connectivity index (χ4n) is 2.94. The van der Waals surface area contributed by atoms with Crippen LogP contribution in [0.25, 0.3) is 0 Å². The number of rotatable bonds is 4. The minimum Gasteiger partial charge on any atom is -0.327 e. The number of benzene rings is 1. The van der Waals surface area contributed by atoms with Gasteiger partial charge in [0.15, 0.2) is 0 Å². The molecule has 0 fully saturated rings. The normalized spacial score (nSPS) is 16.0. The van der Waals surface area contributed by atoms with Gasteiger partial charge in [0, 0.05) is 18.3 Å². The number of carbonyl (C=O) groups is 1. The highest BCUT2D eigenvalue weighted by molar-refractivity contribution is 5.99. The summed E-state index contributed by atoms with van der Waals surface area (Å²) in [5, 5.41) is 0. The van der Waals surface area contributed by atoms with Crippen LogP contribution >= 0.6 is 0 Å². The second kappa shape index (κ2) is 6.28. The largest absolute Gasteiger partial charge is 0.471 e. The molecule has 1 heterocycles. The Labute approximate surface area is 128 Å². The van der Waals surface area contributed by atoms with E-state index in [9.17, 15) is 18.0 Å². The molecule has 0 saturated heterocycles. The van der Waals surface area contributed by atoms with E-state index in [1.165, 1.54) is 0 Å². The van der Waals surface area contributed by atoms with E-state index in [4.69, 9.17) is 5.73 Å². The lowest BCUT2D eigenvalue weighted by molar-refractivity contribution is -0.170. The topological polar surface area (TPSA) is 46.3 Å². The van der Waals surface area contributed by atoms with Crippen LogP contribution in [0.15, 0.2) is 18.2 Å². The van der Waals surface area contributed by atoms with Crippen LogP contribution in [-0.4, -0.2) is 24.7 Å². The molecule has 0 aliphatic carbocycles. The molecule has 1 aliphatic rings. The summed E-state index contributed by atoms with van der Waals surface area (Å²) in [5.74, 6) is -1.29. The van der Waals surface area contributed by atoms with Crippen molar-refractivity contribution in [3.63, 3.8) is 0 Å². The van der Waals surface area contributed by atoms with E-state index < -0.39 is 12.1 Å². The number of hydrogen-bond donors (Lipinski definition) is 1. The Morgan fingerprint density at radius 2 is 2.05 bits per heavy atom. The van der Waals surface area contributed by atoms with Crippen molar-refractivity contribution in [2.24, 2.45) is 11.7 Å². The van der Waals surface area contributed by atoms with Crippen molar-refractivity contribution in [2.75, 3.05) is 11.4 Å². The van der Waals surface area contributed by atoms with Gasteiger partial charge in [0.25, 0.3) is 0 Å². The van der Waals surface area contributed by atoms with Gasteiger partial charge in [-0.15, -0.1) is 0 Å². The van der Waals surface area contributed by atoms with E-state index >= 15 is 0 Å². The van der Waals surface area contributed by atoms with Crippen LogP contribution in [0.1, 0.15) is 31.4 Å². The molecule has 2 rings (SSSR count). The Balaban J connectivity index is 2.12. The molecule has 1 aromatic carbocycles. The molecule has 2 N–H and O–H groups in total. The molecule has 1 atom stereocenters. The van der Waals surface area contributed by atoms with Crippen LogP contribution in [0.4, 0.5) is 18.9 Å². The number of carbonyl (C=O) groups excluding carboxylic acids is 1. The Morgan fingerprint density at radius 3 is 2.64 bits per heavy atom. The molecule has 0 aromatic heterocycles. The van der Waals surface area contributed by atoms with Gasteiger partial charge in [-0.2, -0.15) is 13.2 Å². The Kier molecular flexibility index (Phi) is 4.80. The van der Waals surface area contributed by atoms with Crippen LogP contribution in [0.5, 0.6) is 0 Å². The third-order valence-corrected chi connectivity index (χ3v) is 3.80. The monoisotopic (exact) mass is 314 g/mol. The van der Waals surface area contributed by atoms with Crippen molar-refractivity contribution < 1.29 is 18.0 Å². The summed E-state index contributed by atoms with van der Waals surface area (Å²) < 4.78 is 37.7. The van der Waals surface area contributed by atoms with Crippen molar-refractivity contribution in [2.45, 2.75) is 45.3 Å². The van der Waals surface area contributed by atoms with E-state index in [-0.39, 0.29) is 12.6 Å². The lowest BCUT2D eigenvalue weighted by Gasteiger charge is -2.19. The molecule has 3 nitrogen and oxygen atoms in total. The Bertz CT molecular complexity index is 555. The van der Waals surface area contributed by atoms with Gasteiger partial charge in [-0.3, -0.25) is 4.79 Å². The molecule has 22 heavy (non-hydrogen) atoms. The predicted molar refractivity (Wildman–Crippen MR) is 79.7 cm³/mol. The minimum absolute atomic E-state index is 0.0346.